The molecule has 0 aromatic rings. The summed E-state index contributed by atoms with van der Waals surface area (Å²) in [4.78, 5) is 10.7. The first-order valence-corrected chi connectivity index (χ1v) is 4.66. The highest BCUT2D eigenvalue weighted by molar-refractivity contribution is 5.73. The van der Waals surface area contributed by atoms with Gasteiger partial charge in [0.15, 0.2) is 0 Å². The Morgan fingerprint density at radius 1 is 1.62 bits per heavy atom. The molecule has 0 aromatic carbocycles. The average molecular weight is 187 g/mol. The van der Waals surface area contributed by atoms with E-state index in [0.717, 1.165) is 12.8 Å². The molecule has 4 nitrogen and oxygen atoms in total. The van der Waals surface area contributed by atoms with Crippen LogP contribution in [0, 0.1) is 5.92 Å². The third kappa shape index (κ3) is 2.19. The Kier molecular flexibility index (Phi) is 2.93. The SMILES string of the molecule is C[C@@]1(O)CCCC[C@H]1[C@H](N)C(=O)O. The number of aliphatic hydroxyl groups is 1. The van der Waals surface area contributed by atoms with Crippen LogP contribution in [-0.4, -0.2) is 27.8 Å². The van der Waals surface area contributed by atoms with Crippen LogP contribution in [-0.2, 0) is 4.79 Å². The van der Waals surface area contributed by atoms with E-state index in [0.29, 0.717) is 12.8 Å². The van der Waals surface area contributed by atoms with Gasteiger partial charge in [0, 0.05) is 5.92 Å². The Bertz CT molecular complexity index is 203. The molecule has 0 aromatic heterocycles. The van der Waals surface area contributed by atoms with Crippen molar-refractivity contribution in [3.05, 3.63) is 0 Å². The fourth-order valence-corrected chi connectivity index (χ4v) is 2.08. The monoisotopic (exact) mass is 187 g/mol. The molecule has 4 N–H and O–H groups in total. The van der Waals surface area contributed by atoms with Gasteiger partial charge in [-0.25, -0.2) is 0 Å². The number of hydrogen-bond donors (Lipinski definition) is 3. The van der Waals surface area contributed by atoms with Crippen molar-refractivity contribution in [2.75, 3.05) is 0 Å². The predicted molar refractivity (Wildman–Crippen MR) is 48.2 cm³/mol. The minimum absolute atomic E-state index is 0.307. The number of aliphatic carboxylic acids is 1. The zero-order valence-corrected chi connectivity index (χ0v) is 7.86. The van der Waals surface area contributed by atoms with Crippen molar-refractivity contribution >= 4 is 5.97 Å². The zero-order chi connectivity index (χ0) is 10.1. The first-order chi connectivity index (χ1) is 5.95. The van der Waals surface area contributed by atoms with E-state index in [4.69, 9.17) is 10.8 Å². The van der Waals surface area contributed by atoms with Gasteiger partial charge < -0.3 is 15.9 Å². The molecule has 1 rings (SSSR count). The minimum Gasteiger partial charge on any atom is -0.480 e. The second-order valence-electron chi connectivity index (χ2n) is 4.07. The van der Waals surface area contributed by atoms with Gasteiger partial charge in [0.25, 0.3) is 0 Å². The van der Waals surface area contributed by atoms with Crippen molar-refractivity contribution < 1.29 is 15.0 Å². The van der Waals surface area contributed by atoms with Gasteiger partial charge >= 0.3 is 5.97 Å². The second-order valence-corrected chi connectivity index (χ2v) is 4.07. The van der Waals surface area contributed by atoms with Gasteiger partial charge in [-0.1, -0.05) is 12.8 Å². The predicted octanol–water partition coefficient (Wildman–Crippen LogP) is 0.339. The summed E-state index contributed by atoms with van der Waals surface area (Å²) in [5.74, 6) is -1.33. The van der Waals surface area contributed by atoms with Gasteiger partial charge in [0.1, 0.15) is 6.04 Å². The van der Waals surface area contributed by atoms with Gasteiger partial charge in [0.2, 0.25) is 0 Å². The van der Waals surface area contributed by atoms with Gasteiger partial charge in [-0.15, -0.1) is 0 Å². The molecule has 0 saturated heterocycles. The summed E-state index contributed by atoms with van der Waals surface area (Å²) in [5.41, 5.74) is 4.60. The fourth-order valence-electron chi connectivity index (χ4n) is 2.08. The molecule has 0 spiro atoms. The second kappa shape index (κ2) is 3.64. The summed E-state index contributed by atoms with van der Waals surface area (Å²) in [6, 6.07) is -0.935. The van der Waals surface area contributed by atoms with Crippen LogP contribution in [0.15, 0.2) is 0 Å². The standard InChI is InChI=1S/C9H17NO3/c1-9(13)5-3-2-4-6(9)7(10)8(11)12/h6-7,13H,2-5,10H2,1H3,(H,11,12)/t6-,7-,9+/m0/s1. The molecule has 0 aliphatic heterocycles. The van der Waals surface area contributed by atoms with Gasteiger partial charge in [-0.05, 0) is 19.8 Å². The van der Waals surface area contributed by atoms with Crippen molar-refractivity contribution in [3.63, 3.8) is 0 Å². The van der Waals surface area contributed by atoms with Crippen LogP contribution in [0.5, 0.6) is 0 Å². The first-order valence-electron chi connectivity index (χ1n) is 4.66. The molecule has 3 atom stereocenters. The summed E-state index contributed by atoms with van der Waals surface area (Å²) in [6.07, 6.45) is 3.27. The Labute approximate surface area is 77.7 Å². The third-order valence-corrected chi connectivity index (χ3v) is 2.97. The molecule has 76 valence electrons. The molecule has 0 unspecified atom stereocenters. The number of carboxylic acid groups (broad SMARTS) is 1. The molecular formula is C9H17NO3. The molecule has 13 heavy (non-hydrogen) atoms. The largest absolute Gasteiger partial charge is 0.480 e. The van der Waals surface area contributed by atoms with Crippen molar-refractivity contribution in [1.82, 2.24) is 0 Å². The van der Waals surface area contributed by atoms with Gasteiger partial charge in [0.05, 0.1) is 5.60 Å². The van der Waals surface area contributed by atoms with Crippen molar-refractivity contribution in [3.8, 4) is 0 Å². The lowest BCUT2D eigenvalue weighted by Gasteiger charge is -2.38. The summed E-state index contributed by atoms with van der Waals surface area (Å²) in [7, 11) is 0. The Balaban J connectivity index is 2.70. The lowest BCUT2D eigenvalue weighted by Crippen LogP contribution is -2.51. The van der Waals surface area contributed by atoms with Crippen LogP contribution in [0.25, 0.3) is 0 Å². The summed E-state index contributed by atoms with van der Waals surface area (Å²) >= 11 is 0. The fraction of sp³-hybridized carbons (Fsp3) is 0.889. The van der Waals surface area contributed by atoms with E-state index in [9.17, 15) is 9.90 Å². The van der Waals surface area contributed by atoms with Crippen molar-refractivity contribution in [2.45, 2.75) is 44.2 Å². The topological polar surface area (TPSA) is 83.5 Å². The molecule has 0 radical (unpaired) electrons. The van der Waals surface area contributed by atoms with Crippen LogP contribution >= 0.6 is 0 Å². The maximum Gasteiger partial charge on any atom is 0.320 e. The number of hydrogen-bond acceptors (Lipinski definition) is 3. The first kappa shape index (κ1) is 10.5. The van der Waals surface area contributed by atoms with Gasteiger partial charge in [-0.2, -0.15) is 0 Å². The lowest BCUT2D eigenvalue weighted by atomic mass is 9.73. The Morgan fingerprint density at radius 2 is 2.23 bits per heavy atom. The molecule has 4 heteroatoms. The van der Waals surface area contributed by atoms with Crippen molar-refractivity contribution in [1.29, 1.82) is 0 Å². The van der Waals surface area contributed by atoms with E-state index in [2.05, 4.69) is 0 Å². The molecule has 1 aliphatic rings. The summed E-state index contributed by atoms with van der Waals surface area (Å²) in [5, 5.41) is 18.6. The van der Waals surface area contributed by atoms with Gasteiger partial charge in [-0.3, -0.25) is 4.79 Å². The number of carbonyl (C=O) groups is 1. The lowest BCUT2D eigenvalue weighted by molar-refractivity contribution is -0.144. The number of rotatable bonds is 2. The van der Waals surface area contributed by atoms with Crippen LogP contribution in [0.3, 0.4) is 0 Å². The highest BCUT2D eigenvalue weighted by Crippen LogP contribution is 2.34. The average Bonchev–Trinajstić information content (AvgIpc) is 2.02. The van der Waals surface area contributed by atoms with E-state index >= 15 is 0 Å². The molecule has 1 saturated carbocycles. The Morgan fingerprint density at radius 3 is 2.69 bits per heavy atom. The van der Waals surface area contributed by atoms with E-state index in [1.165, 1.54) is 0 Å². The normalized spacial score (nSPS) is 37.0. The quantitative estimate of drug-likeness (QED) is 0.582. The third-order valence-electron chi connectivity index (χ3n) is 2.97. The van der Waals surface area contributed by atoms with Crippen LogP contribution in [0.2, 0.25) is 0 Å². The maximum absolute atomic E-state index is 10.7. The summed E-state index contributed by atoms with van der Waals surface area (Å²) < 4.78 is 0. The highest BCUT2D eigenvalue weighted by Gasteiger charge is 2.40. The van der Waals surface area contributed by atoms with Crippen LogP contribution < -0.4 is 5.73 Å². The minimum atomic E-state index is -1.02. The van der Waals surface area contributed by atoms with Crippen LogP contribution in [0.1, 0.15) is 32.6 Å². The number of nitrogens with two attached hydrogens (primary N) is 1. The molecular weight excluding hydrogens is 170 g/mol. The highest BCUT2D eigenvalue weighted by atomic mass is 16.4. The van der Waals surface area contributed by atoms with E-state index in [-0.39, 0.29) is 5.92 Å². The van der Waals surface area contributed by atoms with Crippen molar-refractivity contribution in [2.24, 2.45) is 11.7 Å². The van der Waals surface area contributed by atoms with E-state index in [1.54, 1.807) is 6.92 Å². The maximum atomic E-state index is 10.7. The van der Waals surface area contributed by atoms with E-state index in [1.807, 2.05) is 0 Å². The van der Waals surface area contributed by atoms with E-state index < -0.39 is 17.6 Å². The molecule has 1 fully saturated rings. The Hall–Kier alpha value is -0.610. The molecule has 0 amide bonds. The number of carboxylic acids is 1. The van der Waals surface area contributed by atoms with Crippen LogP contribution in [0.4, 0.5) is 0 Å². The molecule has 1 aliphatic carbocycles. The summed E-state index contributed by atoms with van der Waals surface area (Å²) in [6.45, 7) is 1.68. The molecule has 0 heterocycles. The zero-order valence-electron chi connectivity index (χ0n) is 7.86. The molecule has 0 bridgehead atoms. The smallest absolute Gasteiger partial charge is 0.320 e.